The molecule has 1 N–H and O–H groups in total. The van der Waals surface area contributed by atoms with E-state index in [1.54, 1.807) is 0 Å². The van der Waals surface area contributed by atoms with Gasteiger partial charge in [-0.25, -0.2) is 4.98 Å². The number of rotatable bonds is 3. The van der Waals surface area contributed by atoms with E-state index in [2.05, 4.69) is 30.3 Å². The predicted molar refractivity (Wildman–Crippen MR) is 102 cm³/mol. The van der Waals surface area contributed by atoms with E-state index in [9.17, 15) is 5.26 Å². The molecular formula is C20H23N5O. The Hall–Kier alpha value is -2.62. The molecule has 1 saturated heterocycles. The van der Waals surface area contributed by atoms with Crippen molar-refractivity contribution in [3.05, 3.63) is 41.5 Å². The molecule has 2 atom stereocenters. The molecule has 26 heavy (non-hydrogen) atoms. The monoisotopic (exact) mass is 349 g/mol. The van der Waals surface area contributed by atoms with Gasteiger partial charge in [-0.2, -0.15) is 5.26 Å². The van der Waals surface area contributed by atoms with Crippen LogP contribution < -0.4 is 5.32 Å². The number of morpholine rings is 1. The Morgan fingerprint density at radius 3 is 2.96 bits per heavy atom. The first-order valence-electron chi connectivity index (χ1n) is 8.96. The summed E-state index contributed by atoms with van der Waals surface area (Å²) in [7, 11) is 2.12. The Kier molecular flexibility index (Phi) is 4.27. The van der Waals surface area contributed by atoms with E-state index in [-0.39, 0.29) is 12.1 Å². The van der Waals surface area contributed by atoms with Crippen molar-refractivity contribution in [1.29, 1.82) is 5.26 Å². The molecule has 1 aliphatic heterocycles. The van der Waals surface area contributed by atoms with Crippen molar-refractivity contribution in [3.8, 4) is 6.07 Å². The van der Waals surface area contributed by atoms with Crippen molar-refractivity contribution in [2.24, 2.45) is 0 Å². The highest BCUT2D eigenvalue weighted by Gasteiger charge is 2.25. The Morgan fingerprint density at radius 2 is 2.19 bits per heavy atom. The number of nitriles is 1. The third-order valence-corrected chi connectivity index (χ3v) is 5.11. The van der Waals surface area contributed by atoms with Crippen molar-refractivity contribution >= 4 is 22.5 Å². The number of nitrogens with one attached hydrogen (secondary N) is 1. The van der Waals surface area contributed by atoms with Crippen molar-refractivity contribution in [2.45, 2.75) is 26.0 Å². The molecule has 2 aromatic heterocycles. The zero-order chi connectivity index (χ0) is 18.3. The second-order valence-electron chi connectivity index (χ2n) is 7.06. The van der Waals surface area contributed by atoms with E-state index < -0.39 is 0 Å². The first-order valence-corrected chi connectivity index (χ1v) is 8.96. The van der Waals surface area contributed by atoms with Gasteiger partial charge in [0.05, 0.1) is 35.3 Å². The molecule has 0 radical (unpaired) electrons. The molecule has 4 rings (SSSR count). The minimum absolute atomic E-state index is 0.120. The van der Waals surface area contributed by atoms with Crippen molar-refractivity contribution < 1.29 is 4.74 Å². The van der Waals surface area contributed by atoms with Gasteiger partial charge in [-0.1, -0.05) is 12.1 Å². The molecule has 3 aromatic rings. The lowest BCUT2D eigenvalue weighted by atomic mass is 10.1. The van der Waals surface area contributed by atoms with Crippen LogP contribution in [0.2, 0.25) is 0 Å². The first kappa shape index (κ1) is 16.8. The summed E-state index contributed by atoms with van der Waals surface area (Å²) in [4.78, 5) is 6.99. The number of ether oxygens (including phenoxy) is 1. The van der Waals surface area contributed by atoms with E-state index in [0.717, 1.165) is 42.1 Å². The molecule has 0 aliphatic carbocycles. The van der Waals surface area contributed by atoms with E-state index >= 15 is 0 Å². The maximum atomic E-state index is 9.60. The zero-order valence-electron chi connectivity index (χ0n) is 15.4. The van der Waals surface area contributed by atoms with Crippen LogP contribution in [0, 0.1) is 18.3 Å². The summed E-state index contributed by atoms with van der Waals surface area (Å²) in [6, 6.07) is 12.4. The zero-order valence-corrected chi connectivity index (χ0v) is 15.4. The number of likely N-dealkylation sites (N-methyl/N-ethyl adjacent to an activating group) is 1. The number of hydrogen-bond acceptors (Lipinski definition) is 5. The molecule has 1 aromatic carbocycles. The Balaban J connectivity index is 1.80. The van der Waals surface area contributed by atoms with Gasteiger partial charge in [0, 0.05) is 13.1 Å². The van der Waals surface area contributed by atoms with Gasteiger partial charge in [-0.15, -0.1) is 0 Å². The number of hydrogen-bond donors (Lipinski definition) is 1. The summed E-state index contributed by atoms with van der Waals surface area (Å²) in [5.41, 5.74) is 4.12. The molecule has 0 spiro atoms. The van der Waals surface area contributed by atoms with Crippen LogP contribution in [-0.2, 0) is 4.74 Å². The quantitative estimate of drug-likeness (QED) is 0.788. The van der Waals surface area contributed by atoms with Crippen LogP contribution in [0.25, 0.3) is 16.7 Å². The number of anilines is 1. The highest BCUT2D eigenvalue weighted by atomic mass is 16.5. The van der Waals surface area contributed by atoms with Gasteiger partial charge in [0.25, 0.3) is 0 Å². The second kappa shape index (κ2) is 6.60. The van der Waals surface area contributed by atoms with Gasteiger partial charge in [-0.3, -0.25) is 4.40 Å². The number of nitrogens with zero attached hydrogens (tertiary/aromatic N) is 4. The van der Waals surface area contributed by atoms with E-state index in [0.29, 0.717) is 11.2 Å². The highest BCUT2D eigenvalue weighted by Crippen LogP contribution is 2.27. The molecule has 1 fully saturated rings. The smallest absolute Gasteiger partial charge is 0.157 e. The van der Waals surface area contributed by atoms with E-state index in [1.807, 2.05) is 41.7 Å². The van der Waals surface area contributed by atoms with Crippen LogP contribution in [0.5, 0.6) is 0 Å². The Labute approximate surface area is 153 Å². The molecule has 0 bridgehead atoms. The van der Waals surface area contributed by atoms with Crippen LogP contribution in [0.4, 0.5) is 5.82 Å². The minimum atomic E-state index is 0.120. The highest BCUT2D eigenvalue weighted by molar-refractivity contribution is 5.85. The molecule has 134 valence electrons. The number of benzene rings is 1. The van der Waals surface area contributed by atoms with Gasteiger partial charge >= 0.3 is 0 Å². The average molecular weight is 349 g/mol. The lowest BCUT2D eigenvalue weighted by Crippen LogP contribution is -2.47. The molecule has 6 heteroatoms. The lowest BCUT2D eigenvalue weighted by molar-refractivity contribution is -0.0260. The minimum Gasteiger partial charge on any atom is -0.373 e. The number of aromatic nitrogens is 2. The number of para-hydroxylation sites is 2. The molecule has 0 amide bonds. The van der Waals surface area contributed by atoms with Gasteiger partial charge in [0.15, 0.2) is 5.65 Å². The maximum absolute atomic E-state index is 9.60. The SMILES string of the molecule is Cc1cc(NC(C)C2CN(C)CCO2)n2c(nc3ccccc32)c1C#N. The van der Waals surface area contributed by atoms with E-state index in [4.69, 9.17) is 9.72 Å². The number of aryl methyl sites for hydroxylation is 1. The van der Waals surface area contributed by atoms with Crippen LogP contribution in [-0.4, -0.2) is 53.2 Å². The molecule has 6 nitrogen and oxygen atoms in total. The molecule has 0 saturated carbocycles. The number of pyridine rings is 1. The first-order chi connectivity index (χ1) is 12.6. The number of fused-ring (bicyclic) bond motifs is 3. The summed E-state index contributed by atoms with van der Waals surface area (Å²) >= 11 is 0. The van der Waals surface area contributed by atoms with Crippen LogP contribution in [0.15, 0.2) is 30.3 Å². The van der Waals surface area contributed by atoms with Crippen LogP contribution in [0.3, 0.4) is 0 Å². The Morgan fingerprint density at radius 1 is 1.38 bits per heavy atom. The molecule has 3 heterocycles. The topological polar surface area (TPSA) is 65.6 Å². The summed E-state index contributed by atoms with van der Waals surface area (Å²) in [5, 5.41) is 13.2. The predicted octanol–water partition coefficient (Wildman–Crippen LogP) is 2.80. The summed E-state index contributed by atoms with van der Waals surface area (Å²) in [6.45, 7) is 6.72. The Bertz CT molecular complexity index is 1000. The normalized spacial score (nSPS) is 19.5. The average Bonchev–Trinajstić information content (AvgIpc) is 3.01. The molecule has 1 aliphatic rings. The van der Waals surface area contributed by atoms with Gasteiger partial charge < -0.3 is 15.0 Å². The molecular weight excluding hydrogens is 326 g/mol. The summed E-state index contributed by atoms with van der Waals surface area (Å²) in [5.74, 6) is 0.939. The van der Waals surface area contributed by atoms with E-state index in [1.165, 1.54) is 0 Å². The summed E-state index contributed by atoms with van der Waals surface area (Å²) in [6.07, 6.45) is 0.120. The fourth-order valence-corrected chi connectivity index (χ4v) is 3.64. The van der Waals surface area contributed by atoms with Crippen LogP contribution >= 0.6 is 0 Å². The van der Waals surface area contributed by atoms with Crippen LogP contribution in [0.1, 0.15) is 18.1 Å². The van der Waals surface area contributed by atoms with Crippen molar-refractivity contribution in [2.75, 3.05) is 32.1 Å². The van der Waals surface area contributed by atoms with Crippen molar-refractivity contribution in [1.82, 2.24) is 14.3 Å². The largest absolute Gasteiger partial charge is 0.373 e. The standard InChI is InChI=1S/C20H23N5O/c1-13-10-19(22-14(2)18-12-24(3)8-9-26-18)25-17-7-5-4-6-16(17)23-20(25)15(13)11-21/h4-7,10,14,18,22H,8-9,12H2,1-3H3. The molecule has 2 unspecified atom stereocenters. The third-order valence-electron chi connectivity index (χ3n) is 5.11. The van der Waals surface area contributed by atoms with Gasteiger partial charge in [-0.05, 0) is 44.7 Å². The third kappa shape index (κ3) is 2.79. The number of imidazole rings is 1. The van der Waals surface area contributed by atoms with Gasteiger partial charge in [0.2, 0.25) is 0 Å². The maximum Gasteiger partial charge on any atom is 0.157 e. The van der Waals surface area contributed by atoms with Gasteiger partial charge in [0.1, 0.15) is 11.9 Å². The summed E-state index contributed by atoms with van der Waals surface area (Å²) < 4.78 is 8.00. The van der Waals surface area contributed by atoms with Crippen molar-refractivity contribution in [3.63, 3.8) is 0 Å². The second-order valence-corrected chi connectivity index (χ2v) is 7.06. The fraction of sp³-hybridized carbons (Fsp3) is 0.400. The fourth-order valence-electron chi connectivity index (χ4n) is 3.64. The lowest BCUT2D eigenvalue weighted by Gasteiger charge is -2.34.